The minimum Gasteiger partial charge on any atom is -0.467 e. The number of carbonyl (C=O) groups excluding carboxylic acids is 1. The van der Waals surface area contributed by atoms with Crippen molar-refractivity contribution in [1.82, 2.24) is 4.90 Å². The molecule has 112 valence electrons. The standard InChI is InChI=1S/C15H18N2O4/c1-21-15(18)14-9-5-8-13(11-17(19)20)16(14)10-12-6-3-2-4-7-12/h2-4,6-7,11,14H,5,8-10H2,1H3/t14-/m0/s1. The largest absolute Gasteiger partial charge is 0.467 e. The highest BCUT2D eigenvalue weighted by atomic mass is 16.6. The third kappa shape index (κ3) is 3.81. The predicted molar refractivity (Wildman–Crippen MR) is 76.7 cm³/mol. The number of likely N-dealkylation sites (tertiary alicyclic amines) is 1. The number of allylic oxidation sites excluding steroid dienone is 1. The molecule has 1 aliphatic heterocycles. The highest BCUT2D eigenvalue weighted by Crippen LogP contribution is 2.28. The van der Waals surface area contributed by atoms with Crippen LogP contribution in [0.4, 0.5) is 0 Å². The van der Waals surface area contributed by atoms with Gasteiger partial charge in [0.25, 0.3) is 6.20 Å². The highest BCUT2D eigenvalue weighted by Gasteiger charge is 2.33. The van der Waals surface area contributed by atoms with E-state index in [1.807, 2.05) is 30.3 Å². The molecule has 2 rings (SSSR count). The Labute approximate surface area is 123 Å². The van der Waals surface area contributed by atoms with Gasteiger partial charge in [0.2, 0.25) is 0 Å². The van der Waals surface area contributed by atoms with E-state index < -0.39 is 11.0 Å². The van der Waals surface area contributed by atoms with E-state index in [9.17, 15) is 14.9 Å². The second-order valence-electron chi connectivity index (χ2n) is 4.95. The molecule has 6 nitrogen and oxygen atoms in total. The maximum absolute atomic E-state index is 11.9. The summed E-state index contributed by atoms with van der Waals surface area (Å²) in [6, 6.07) is 9.13. The van der Waals surface area contributed by atoms with Crippen LogP contribution in [-0.2, 0) is 16.1 Å². The molecule has 0 aliphatic carbocycles. The summed E-state index contributed by atoms with van der Waals surface area (Å²) in [5.41, 5.74) is 1.58. The molecule has 0 spiro atoms. The van der Waals surface area contributed by atoms with E-state index in [0.717, 1.165) is 18.2 Å². The Balaban J connectivity index is 2.29. The van der Waals surface area contributed by atoms with Gasteiger partial charge in [-0.2, -0.15) is 0 Å². The second kappa shape index (κ2) is 6.88. The molecule has 0 bridgehead atoms. The van der Waals surface area contributed by atoms with Crippen molar-refractivity contribution >= 4 is 5.97 Å². The number of nitro groups is 1. The molecule has 1 aliphatic rings. The number of benzene rings is 1. The number of nitrogens with zero attached hydrogens (tertiary/aromatic N) is 2. The third-order valence-electron chi connectivity index (χ3n) is 3.58. The van der Waals surface area contributed by atoms with Gasteiger partial charge in [-0.1, -0.05) is 30.3 Å². The number of piperidine rings is 1. The van der Waals surface area contributed by atoms with Gasteiger partial charge in [-0.25, -0.2) is 4.79 Å². The summed E-state index contributed by atoms with van der Waals surface area (Å²) in [7, 11) is 1.34. The van der Waals surface area contributed by atoms with E-state index in [1.54, 1.807) is 4.90 Å². The predicted octanol–water partition coefficient (Wildman–Crippen LogP) is 2.33. The highest BCUT2D eigenvalue weighted by molar-refractivity contribution is 5.76. The van der Waals surface area contributed by atoms with Crippen LogP contribution in [0.3, 0.4) is 0 Å². The Kier molecular flexibility index (Phi) is 4.92. The van der Waals surface area contributed by atoms with Crippen LogP contribution in [0.15, 0.2) is 42.2 Å². The number of carbonyl (C=O) groups is 1. The lowest BCUT2D eigenvalue weighted by molar-refractivity contribution is -0.404. The van der Waals surface area contributed by atoms with E-state index in [2.05, 4.69) is 0 Å². The number of ether oxygens (including phenoxy) is 1. The Bertz CT molecular complexity index is 542. The molecule has 0 N–H and O–H groups in total. The molecule has 0 amide bonds. The van der Waals surface area contributed by atoms with Crippen molar-refractivity contribution in [2.45, 2.75) is 31.8 Å². The number of hydrogen-bond donors (Lipinski definition) is 0. The maximum Gasteiger partial charge on any atom is 0.328 e. The number of hydrogen-bond acceptors (Lipinski definition) is 5. The summed E-state index contributed by atoms with van der Waals surface area (Å²) in [6.07, 6.45) is 2.98. The fraction of sp³-hybridized carbons (Fsp3) is 0.400. The van der Waals surface area contributed by atoms with Crippen LogP contribution in [0.1, 0.15) is 24.8 Å². The summed E-state index contributed by atoms with van der Waals surface area (Å²) < 4.78 is 4.83. The molecule has 1 aromatic rings. The van der Waals surface area contributed by atoms with Gasteiger partial charge in [-0.15, -0.1) is 0 Å². The van der Waals surface area contributed by atoms with E-state index >= 15 is 0 Å². The maximum atomic E-state index is 11.9. The van der Waals surface area contributed by atoms with Crippen LogP contribution >= 0.6 is 0 Å². The van der Waals surface area contributed by atoms with E-state index in [-0.39, 0.29) is 5.97 Å². The summed E-state index contributed by atoms with van der Waals surface area (Å²) in [6.45, 7) is 0.459. The topological polar surface area (TPSA) is 72.7 Å². The quantitative estimate of drug-likeness (QED) is 0.483. The first-order valence-corrected chi connectivity index (χ1v) is 6.84. The summed E-state index contributed by atoms with van der Waals surface area (Å²) in [5, 5.41) is 10.8. The smallest absolute Gasteiger partial charge is 0.328 e. The van der Waals surface area contributed by atoms with Crippen molar-refractivity contribution in [3.8, 4) is 0 Å². The molecule has 0 aromatic heterocycles. The van der Waals surface area contributed by atoms with Gasteiger partial charge in [0.1, 0.15) is 6.04 Å². The van der Waals surface area contributed by atoms with E-state index in [0.29, 0.717) is 25.1 Å². The Morgan fingerprint density at radius 1 is 1.48 bits per heavy atom. The fourth-order valence-corrected chi connectivity index (χ4v) is 2.61. The molecule has 1 aromatic carbocycles. The summed E-state index contributed by atoms with van der Waals surface area (Å²) in [5.74, 6) is -0.347. The van der Waals surface area contributed by atoms with Crippen LogP contribution in [0, 0.1) is 10.1 Å². The molecular formula is C15H18N2O4. The minimum absolute atomic E-state index is 0.347. The number of esters is 1. The average molecular weight is 290 g/mol. The molecule has 21 heavy (non-hydrogen) atoms. The summed E-state index contributed by atoms with van der Waals surface area (Å²) in [4.78, 5) is 24.1. The molecule has 0 radical (unpaired) electrons. The van der Waals surface area contributed by atoms with Gasteiger partial charge in [-0.3, -0.25) is 10.1 Å². The number of rotatable bonds is 4. The molecule has 1 fully saturated rings. The van der Waals surface area contributed by atoms with Crippen molar-refractivity contribution in [3.63, 3.8) is 0 Å². The van der Waals surface area contributed by atoms with Crippen molar-refractivity contribution in [1.29, 1.82) is 0 Å². The fourth-order valence-electron chi connectivity index (χ4n) is 2.61. The van der Waals surface area contributed by atoms with Crippen molar-refractivity contribution in [3.05, 3.63) is 57.9 Å². The lowest BCUT2D eigenvalue weighted by Gasteiger charge is -2.36. The molecule has 1 saturated heterocycles. The first-order valence-electron chi connectivity index (χ1n) is 6.84. The van der Waals surface area contributed by atoms with E-state index in [4.69, 9.17) is 4.74 Å². The molecule has 6 heteroatoms. The molecule has 0 saturated carbocycles. The third-order valence-corrected chi connectivity index (χ3v) is 3.58. The lowest BCUT2D eigenvalue weighted by Crippen LogP contribution is -2.43. The van der Waals surface area contributed by atoms with Gasteiger partial charge in [0.05, 0.1) is 17.7 Å². The average Bonchev–Trinajstić information content (AvgIpc) is 2.48. The monoisotopic (exact) mass is 290 g/mol. The minimum atomic E-state index is -0.465. The van der Waals surface area contributed by atoms with Crippen LogP contribution in [0.5, 0.6) is 0 Å². The normalized spacial score (nSPS) is 20.3. The van der Waals surface area contributed by atoms with Gasteiger partial charge < -0.3 is 9.64 Å². The zero-order chi connectivity index (χ0) is 15.2. The Hall–Kier alpha value is -2.37. The molecule has 1 heterocycles. The number of methoxy groups -OCH3 is 1. The summed E-state index contributed by atoms with van der Waals surface area (Å²) >= 11 is 0. The first kappa shape index (κ1) is 15.0. The van der Waals surface area contributed by atoms with Crippen LogP contribution in [0.2, 0.25) is 0 Å². The van der Waals surface area contributed by atoms with Gasteiger partial charge in [-0.05, 0) is 24.8 Å². The van der Waals surface area contributed by atoms with E-state index in [1.165, 1.54) is 7.11 Å². The SMILES string of the molecule is COC(=O)[C@@H]1CCCC(=C[N+](=O)[O-])N1Cc1ccccc1. The second-order valence-corrected chi connectivity index (χ2v) is 4.95. The van der Waals surface area contributed by atoms with Crippen LogP contribution in [0.25, 0.3) is 0 Å². The zero-order valence-corrected chi connectivity index (χ0v) is 11.9. The van der Waals surface area contributed by atoms with Gasteiger partial charge in [0, 0.05) is 6.54 Å². The molecule has 0 unspecified atom stereocenters. The van der Waals surface area contributed by atoms with Crippen molar-refractivity contribution in [2.24, 2.45) is 0 Å². The first-order chi connectivity index (χ1) is 10.1. The van der Waals surface area contributed by atoms with Crippen LogP contribution < -0.4 is 0 Å². The van der Waals surface area contributed by atoms with Crippen molar-refractivity contribution in [2.75, 3.05) is 7.11 Å². The van der Waals surface area contributed by atoms with Crippen molar-refractivity contribution < 1.29 is 14.5 Å². The van der Waals surface area contributed by atoms with Crippen LogP contribution in [-0.4, -0.2) is 28.9 Å². The Morgan fingerprint density at radius 3 is 2.81 bits per heavy atom. The van der Waals surface area contributed by atoms with Gasteiger partial charge >= 0.3 is 5.97 Å². The molecular weight excluding hydrogens is 272 g/mol. The lowest BCUT2D eigenvalue weighted by atomic mass is 9.98. The zero-order valence-electron chi connectivity index (χ0n) is 11.9. The Morgan fingerprint density at radius 2 is 2.19 bits per heavy atom. The van der Waals surface area contributed by atoms with Gasteiger partial charge in [0.15, 0.2) is 0 Å². The molecule has 1 atom stereocenters.